The monoisotopic (exact) mass is 389 g/mol. The van der Waals surface area contributed by atoms with Crippen LogP contribution in [0, 0.1) is 0 Å². The number of piperidine rings is 1. The highest BCUT2D eigenvalue weighted by molar-refractivity contribution is 7.91. The average molecular weight is 389 g/mol. The first-order valence-corrected chi connectivity index (χ1v) is 11.2. The molecule has 0 radical (unpaired) electrons. The fourth-order valence-corrected chi connectivity index (χ4v) is 4.74. The first kappa shape index (κ1) is 19.8. The normalized spacial score (nSPS) is 17.4. The van der Waals surface area contributed by atoms with Crippen LogP contribution in [0.5, 0.6) is 0 Å². The number of sulfonamides is 1. The summed E-state index contributed by atoms with van der Waals surface area (Å²) in [6, 6.07) is 5.08. The number of amides is 1. The third-order valence-corrected chi connectivity index (χ3v) is 6.73. The lowest BCUT2D eigenvalue weighted by Gasteiger charge is -2.31. The van der Waals surface area contributed by atoms with E-state index in [4.69, 9.17) is 0 Å². The van der Waals surface area contributed by atoms with Gasteiger partial charge in [-0.05, 0) is 31.0 Å². The van der Waals surface area contributed by atoms with Gasteiger partial charge in [-0.15, -0.1) is 0 Å². The second-order valence-electron chi connectivity index (χ2n) is 6.09. The van der Waals surface area contributed by atoms with E-state index in [1.165, 1.54) is 24.3 Å². The van der Waals surface area contributed by atoms with Crippen LogP contribution in [0.3, 0.4) is 0 Å². The highest BCUT2D eigenvalue weighted by atomic mass is 32.2. The van der Waals surface area contributed by atoms with E-state index in [-0.39, 0.29) is 21.7 Å². The lowest BCUT2D eigenvalue weighted by molar-refractivity contribution is -0.122. The molecule has 0 atom stereocenters. The van der Waals surface area contributed by atoms with Gasteiger partial charge in [0.1, 0.15) is 0 Å². The number of carbonyl (C=O) groups excluding carboxylic acids is 1. The van der Waals surface area contributed by atoms with Crippen LogP contribution in [0.2, 0.25) is 0 Å². The van der Waals surface area contributed by atoms with Crippen molar-refractivity contribution < 1.29 is 21.6 Å². The molecule has 0 aliphatic carbocycles. The Hall–Kier alpha value is -1.49. The van der Waals surface area contributed by atoms with Crippen LogP contribution in [0.15, 0.2) is 34.1 Å². The number of carbonyl (C=O) groups is 1. The van der Waals surface area contributed by atoms with Crippen molar-refractivity contribution >= 4 is 25.8 Å². The molecule has 1 heterocycles. The molecule has 10 heteroatoms. The highest BCUT2D eigenvalue weighted by Crippen LogP contribution is 2.18. The maximum absolute atomic E-state index is 12.5. The third-order valence-electron chi connectivity index (χ3n) is 4.10. The average Bonchev–Trinajstić information content (AvgIpc) is 2.55. The van der Waals surface area contributed by atoms with Gasteiger partial charge < -0.3 is 5.32 Å². The number of likely N-dealkylation sites (tertiary alicyclic amines) is 1. The van der Waals surface area contributed by atoms with E-state index in [1.54, 1.807) is 7.05 Å². The molecule has 1 amide bonds. The van der Waals surface area contributed by atoms with Crippen LogP contribution >= 0.6 is 0 Å². The number of sulfone groups is 1. The van der Waals surface area contributed by atoms with Crippen molar-refractivity contribution in [2.45, 2.75) is 28.7 Å². The molecule has 0 saturated carbocycles. The van der Waals surface area contributed by atoms with E-state index >= 15 is 0 Å². The van der Waals surface area contributed by atoms with E-state index in [0.29, 0.717) is 32.5 Å². The van der Waals surface area contributed by atoms with E-state index in [1.807, 2.05) is 4.90 Å². The molecular formula is C15H23N3O5S2. The quantitative estimate of drug-likeness (QED) is 0.683. The smallest absolute Gasteiger partial charge is 0.240 e. The Balaban J connectivity index is 2.02. The number of benzene rings is 1. The third kappa shape index (κ3) is 5.50. The maximum Gasteiger partial charge on any atom is 0.240 e. The van der Waals surface area contributed by atoms with Gasteiger partial charge in [0.2, 0.25) is 15.9 Å². The predicted octanol–water partition coefficient (Wildman–Crippen LogP) is -0.421. The van der Waals surface area contributed by atoms with Gasteiger partial charge in [-0.25, -0.2) is 21.6 Å². The van der Waals surface area contributed by atoms with E-state index in [0.717, 1.165) is 6.26 Å². The molecule has 140 valence electrons. The van der Waals surface area contributed by atoms with Crippen molar-refractivity contribution in [1.82, 2.24) is 14.9 Å². The summed E-state index contributed by atoms with van der Waals surface area (Å²) in [5.41, 5.74) is 0. The van der Waals surface area contributed by atoms with Gasteiger partial charge in [-0.3, -0.25) is 9.69 Å². The van der Waals surface area contributed by atoms with Gasteiger partial charge in [0.05, 0.1) is 16.3 Å². The predicted molar refractivity (Wildman–Crippen MR) is 93.4 cm³/mol. The van der Waals surface area contributed by atoms with Crippen LogP contribution in [0.1, 0.15) is 12.8 Å². The van der Waals surface area contributed by atoms with Gasteiger partial charge in [0, 0.05) is 32.4 Å². The second-order valence-corrected chi connectivity index (χ2v) is 9.82. The molecule has 1 saturated heterocycles. The summed E-state index contributed by atoms with van der Waals surface area (Å²) >= 11 is 0. The van der Waals surface area contributed by atoms with Crippen LogP contribution in [0.25, 0.3) is 0 Å². The number of likely N-dealkylation sites (N-methyl/N-ethyl adjacent to an activating group) is 1. The maximum atomic E-state index is 12.5. The Morgan fingerprint density at radius 2 is 1.76 bits per heavy atom. The number of nitrogens with one attached hydrogen (secondary N) is 2. The second kappa shape index (κ2) is 7.81. The molecule has 1 aliphatic heterocycles. The summed E-state index contributed by atoms with van der Waals surface area (Å²) in [6.07, 6.45) is 2.21. The topological polar surface area (TPSA) is 113 Å². The lowest BCUT2D eigenvalue weighted by Crippen LogP contribution is -2.47. The molecular weight excluding hydrogens is 366 g/mol. The molecule has 8 nitrogen and oxygen atoms in total. The van der Waals surface area contributed by atoms with Gasteiger partial charge in [-0.1, -0.05) is 6.07 Å². The van der Waals surface area contributed by atoms with Crippen molar-refractivity contribution in [3.8, 4) is 0 Å². The lowest BCUT2D eigenvalue weighted by atomic mass is 10.1. The van der Waals surface area contributed by atoms with Gasteiger partial charge >= 0.3 is 0 Å². The van der Waals surface area contributed by atoms with Gasteiger partial charge in [0.15, 0.2) is 9.84 Å². The zero-order valence-corrected chi connectivity index (χ0v) is 15.9. The first-order chi connectivity index (χ1) is 11.6. The van der Waals surface area contributed by atoms with Gasteiger partial charge in [0.25, 0.3) is 0 Å². The van der Waals surface area contributed by atoms with Crippen molar-refractivity contribution in [1.29, 1.82) is 0 Å². The summed E-state index contributed by atoms with van der Waals surface area (Å²) in [7, 11) is -5.70. The zero-order valence-electron chi connectivity index (χ0n) is 14.2. The summed E-state index contributed by atoms with van der Waals surface area (Å²) in [4.78, 5) is 13.2. The van der Waals surface area contributed by atoms with Crippen LogP contribution in [-0.4, -0.2) is 66.6 Å². The summed E-state index contributed by atoms with van der Waals surface area (Å²) < 4.78 is 50.8. The molecule has 1 aromatic carbocycles. The Kier molecular flexibility index (Phi) is 6.20. The molecule has 1 fully saturated rings. The van der Waals surface area contributed by atoms with E-state index < -0.39 is 19.9 Å². The molecule has 1 aromatic rings. The molecule has 0 aromatic heterocycles. The largest absolute Gasteiger partial charge is 0.358 e. The fraction of sp³-hybridized carbons (Fsp3) is 0.533. The van der Waals surface area contributed by atoms with Crippen LogP contribution in [-0.2, 0) is 24.7 Å². The standard InChI is InChI=1S/C15H23N3O5S2/c1-16-15(19)11-18-8-6-12(7-9-18)17-25(22,23)14-5-3-4-13(10-14)24(2,20)21/h3-5,10,12,17H,6-9,11H2,1-2H3,(H,16,19). The molecule has 25 heavy (non-hydrogen) atoms. The number of nitrogens with zero attached hydrogens (tertiary/aromatic N) is 1. The molecule has 1 aliphatic rings. The van der Waals surface area contributed by atoms with Crippen molar-refractivity contribution in [3.05, 3.63) is 24.3 Å². The molecule has 2 N–H and O–H groups in total. The Morgan fingerprint density at radius 3 is 2.32 bits per heavy atom. The van der Waals surface area contributed by atoms with Gasteiger partial charge in [-0.2, -0.15) is 0 Å². The van der Waals surface area contributed by atoms with Crippen LogP contribution in [0.4, 0.5) is 0 Å². The minimum Gasteiger partial charge on any atom is -0.358 e. The highest BCUT2D eigenvalue weighted by Gasteiger charge is 2.26. The molecule has 0 unspecified atom stereocenters. The molecule has 0 bridgehead atoms. The fourth-order valence-electron chi connectivity index (χ4n) is 2.65. The van der Waals surface area contributed by atoms with E-state index in [2.05, 4.69) is 10.0 Å². The Bertz CT molecular complexity index is 828. The number of hydrogen-bond donors (Lipinski definition) is 2. The minimum atomic E-state index is -3.80. The number of rotatable bonds is 6. The Labute approximate surface area is 148 Å². The summed E-state index contributed by atoms with van der Waals surface area (Å²) in [6.45, 7) is 1.53. The molecule has 2 rings (SSSR count). The SMILES string of the molecule is CNC(=O)CN1CCC(NS(=O)(=O)c2cccc(S(C)(=O)=O)c2)CC1. The Morgan fingerprint density at radius 1 is 1.16 bits per heavy atom. The summed E-state index contributed by atoms with van der Waals surface area (Å²) in [5.74, 6) is -0.0726. The van der Waals surface area contributed by atoms with E-state index in [9.17, 15) is 21.6 Å². The first-order valence-electron chi connectivity index (χ1n) is 7.87. The minimum absolute atomic E-state index is 0.0317. The molecule has 0 spiro atoms. The number of hydrogen-bond acceptors (Lipinski definition) is 6. The zero-order chi connectivity index (χ0) is 18.7. The van der Waals surface area contributed by atoms with Crippen molar-refractivity contribution in [3.63, 3.8) is 0 Å². The van der Waals surface area contributed by atoms with Crippen molar-refractivity contribution in [2.75, 3.05) is 32.9 Å². The van der Waals surface area contributed by atoms with Crippen molar-refractivity contribution in [2.24, 2.45) is 0 Å². The van der Waals surface area contributed by atoms with Crippen LogP contribution < -0.4 is 10.0 Å². The summed E-state index contributed by atoms with van der Waals surface area (Å²) in [5, 5.41) is 2.56.